The zero-order chi connectivity index (χ0) is 24.2. The molecule has 0 aliphatic rings. The van der Waals surface area contributed by atoms with Crippen LogP contribution in [0.5, 0.6) is 0 Å². The number of imidazole rings is 1. The van der Waals surface area contributed by atoms with Gasteiger partial charge in [-0.3, -0.25) is 14.1 Å². The number of pyridine rings is 1. The van der Waals surface area contributed by atoms with Gasteiger partial charge in [0.25, 0.3) is 0 Å². The first kappa shape index (κ1) is 22.4. The average molecular weight is 471 g/mol. The standard InChI is InChI=1S/C24H26N10O/c1-3-7-18-15-34(23-29-26-16-32(23)12-4-2)24(35)33(18)14-17-10-11-21(25-13-17)19-8-5-6-9-20(19)22-27-30-31-28-22/h5-6,8-11,13,15-16H,3-4,7,12,14H2,1-2H3,(H,27,28,30,31). The van der Waals surface area contributed by atoms with Gasteiger partial charge in [-0.15, -0.1) is 15.3 Å². The maximum absolute atomic E-state index is 13.4. The Morgan fingerprint density at radius 2 is 1.86 bits per heavy atom. The molecule has 0 aliphatic carbocycles. The lowest BCUT2D eigenvalue weighted by Gasteiger charge is -2.09. The molecule has 5 aromatic rings. The van der Waals surface area contributed by atoms with E-state index in [4.69, 9.17) is 0 Å². The van der Waals surface area contributed by atoms with Crippen LogP contribution in [0, 0.1) is 0 Å². The Hall–Kier alpha value is -4.41. The van der Waals surface area contributed by atoms with Gasteiger partial charge in [0, 0.05) is 35.8 Å². The number of benzene rings is 1. The zero-order valence-electron chi connectivity index (χ0n) is 19.7. The van der Waals surface area contributed by atoms with Crippen LogP contribution >= 0.6 is 0 Å². The van der Waals surface area contributed by atoms with Crippen molar-refractivity contribution in [1.29, 1.82) is 0 Å². The van der Waals surface area contributed by atoms with E-state index in [2.05, 4.69) is 49.7 Å². The monoisotopic (exact) mass is 470 g/mol. The van der Waals surface area contributed by atoms with Crippen molar-refractivity contribution in [3.05, 3.63) is 76.9 Å². The van der Waals surface area contributed by atoms with Crippen LogP contribution in [-0.2, 0) is 19.5 Å². The van der Waals surface area contributed by atoms with E-state index >= 15 is 0 Å². The maximum atomic E-state index is 13.4. The Bertz CT molecular complexity index is 1460. The van der Waals surface area contributed by atoms with Gasteiger partial charge in [-0.05, 0) is 34.9 Å². The fraction of sp³-hybridized carbons (Fsp3) is 0.292. The summed E-state index contributed by atoms with van der Waals surface area (Å²) in [5.41, 5.74) is 4.34. The summed E-state index contributed by atoms with van der Waals surface area (Å²) in [6.45, 7) is 5.35. The molecule has 0 saturated heterocycles. The summed E-state index contributed by atoms with van der Waals surface area (Å²) in [5.74, 6) is 1.12. The van der Waals surface area contributed by atoms with Gasteiger partial charge in [0.15, 0.2) is 5.82 Å². The molecule has 0 amide bonds. The molecule has 0 unspecified atom stereocenters. The van der Waals surface area contributed by atoms with Gasteiger partial charge >= 0.3 is 5.69 Å². The van der Waals surface area contributed by atoms with E-state index in [0.717, 1.165) is 53.9 Å². The van der Waals surface area contributed by atoms with Gasteiger partial charge in [-0.1, -0.05) is 50.6 Å². The van der Waals surface area contributed by atoms with Crippen LogP contribution < -0.4 is 5.69 Å². The third kappa shape index (κ3) is 4.39. The number of aromatic amines is 1. The largest absolute Gasteiger partial charge is 0.335 e. The van der Waals surface area contributed by atoms with Crippen LogP contribution in [0.2, 0.25) is 0 Å². The maximum Gasteiger partial charge on any atom is 0.335 e. The zero-order valence-corrected chi connectivity index (χ0v) is 19.7. The predicted molar refractivity (Wildman–Crippen MR) is 130 cm³/mol. The minimum absolute atomic E-state index is 0.133. The van der Waals surface area contributed by atoms with Crippen molar-refractivity contribution < 1.29 is 0 Å². The van der Waals surface area contributed by atoms with E-state index in [1.54, 1.807) is 15.5 Å². The van der Waals surface area contributed by atoms with Crippen molar-refractivity contribution in [1.82, 2.24) is 49.5 Å². The number of aryl methyl sites for hydroxylation is 2. The first-order valence-corrected chi connectivity index (χ1v) is 11.7. The van der Waals surface area contributed by atoms with E-state index in [0.29, 0.717) is 18.3 Å². The highest BCUT2D eigenvalue weighted by Gasteiger charge is 2.17. The number of nitrogens with one attached hydrogen (secondary N) is 1. The molecular formula is C24H26N10O. The van der Waals surface area contributed by atoms with E-state index in [9.17, 15) is 4.79 Å². The van der Waals surface area contributed by atoms with Crippen molar-refractivity contribution in [3.63, 3.8) is 0 Å². The molecule has 11 heteroatoms. The predicted octanol–water partition coefficient (Wildman–Crippen LogP) is 2.88. The van der Waals surface area contributed by atoms with Gasteiger partial charge in [-0.25, -0.2) is 14.5 Å². The molecule has 11 nitrogen and oxygen atoms in total. The van der Waals surface area contributed by atoms with Crippen molar-refractivity contribution >= 4 is 0 Å². The third-order valence-corrected chi connectivity index (χ3v) is 5.81. The first-order valence-electron chi connectivity index (χ1n) is 11.7. The topological polar surface area (TPSA) is 125 Å². The highest BCUT2D eigenvalue weighted by atomic mass is 16.2. The van der Waals surface area contributed by atoms with Crippen LogP contribution in [0.25, 0.3) is 28.6 Å². The second-order valence-corrected chi connectivity index (χ2v) is 8.28. The van der Waals surface area contributed by atoms with Gasteiger partial charge in [-0.2, -0.15) is 0 Å². The van der Waals surface area contributed by atoms with Crippen LogP contribution in [0.4, 0.5) is 0 Å². The van der Waals surface area contributed by atoms with Crippen LogP contribution in [0.3, 0.4) is 0 Å². The van der Waals surface area contributed by atoms with Crippen LogP contribution in [0.15, 0.2) is 59.9 Å². The Morgan fingerprint density at radius 1 is 1.00 bits per heavy atom. The molecule has 0 atom stereocenters. The van der Waals surface area contributed by atoms with Crippen molar-refractivity contribution in [3.8, 4) is 28.6 Å². The van der Waals surface area contributed by atoms with E-state index in [1.807, 2.05) is 53.4 Å². The molecule has 0 fully saturated rings. The number of nitrogens with zero attached hydrogens (tertiary/aromatic N) is 9. The number of tetrazole rings is 1. The SMILES string of the molecule is CCCc1cn(-c2nncn2CCC)c(=O)n1Cc1ccc(-c2ccccc2-c2nnn[nH]2)nc1. The molecule has 0 bridgehead atoms. The fourth-order valence-electron chi connectivity index (χ4n) is 4.18. The summed E-state index contributed by atoms with van der Waals surface area (Å²) in [4.78, 5) is 18.1. The second kappa shape index (κ2) is 9.84. The van der Waals surface area contributed by atoms with E-state index < -0.39 is 0 Å². The normalized spacial score (nSPS) is 11.3. The van der Waals surface area contributed by atoms with E-state index in [1.165, 1.54) is 0 Å². The Kier molecular flexibility index (Phi) is 6.29. The number of hydrogen-bond acceptors (Lipinski definition) is 7. The highest BCUT2D eigenvalue weighted by Crippen LogP contribution is 2.28. The summed E-state index contributed by atoms with van der Waals surface area (Å²) in [5, 5.41) is 22.4. The number of H-pyrrole nitrogens is 1. The molecule has 0 saturated carbocycles. The van der Waals surface area contributed by atoms with Gasteiger partial charge in [0.1, 0.15) is 6.33 Å². The molecule has 1 N–H and O–H groups in total. The van der Waals surface area contributed by atoms with Gasteiger partial charge in [0.2, 0.25) is 5.95 Å². The quantitative estimate of drug-likeness (QED) is 0.351. The molecule has 0 aliphatic heterocycles. The third-order valence-electron chi connectivity index (χ3n) is 5.81. The highest BCUT2D eigenvalue weighted by molar-refractivity contribution is 5.78. The van der Waals surface area contributed by atoms with Crippen molar-refractivity contribution in [2.45, 2.75) is 46.2 Å². The lowest BCUT2D eigenvalue weighted by Crippen LogP contribution is -2.26. The molecule has 1 aromatic carbocycles. The molecule has 5 rings (SSSR count). The van der Waals surface area contributed by atoms with Gasteiger partial charge < -0.3 is 0 Å². The minimum Gasteiger partial charge on any atom is -0.299 e. The minimum atomic E-state index is -0.133. The second-order valence-electron chi connectivity index (χ2n) is 8.28. The summed E-state index contributed by atoms with van der Waals surface area (Å²) in [6.07, 6.45) is 7.99. The Morgan fingerprint density at radius 3 is 2.57 bits per heavy atom. The molecule has 0 radical (unpaired) electrons. The molecule has 4 aromatic heterocycles. The van der Waals surface area contributed by atoms with Crippen molar-refractivity contribution in [2.75, 3.05) is 0 Å². The van der Waals surface area contributed by atoms with Crippen molar-refractivity contribution in [2.24, 2.45) is 0 Å². The molecule has 4 heterocycles. The summed E-state index contributed by atoms with van der Waals surface area (Å²) < 4.78 is 5.29. The fourth-order valence-corrected chi connectivity index (χ4v) is 4.18. The molecule has 178 valence electrons. The number of rotatable bonds is 9. The Balaban J connectivity index is 1.46. The molecule has 35 heavy (non-hydrogen) atoms. The Labute approximate surface area is 201 Å². The summed E-state index contributed by atoms with van der Waals surface area (Å²) in [6, 6.07) is 11.8. The smallest absolute Gasteiger partial charge is 0.299 e. The molecule has 0 spiro atoms. The summed E-state index contributed by atoms with van der Waals surface area (Å²) >= 11 is 0. The lowest BCUT2D eigenvalue weighted by molar-refractivity contribution is 0.638. The van der Waals surface area contributed by atoms with Crippen LogP contribution in [-0.4, -0.2) is 49.5 Å². The number of aromatic nitrogens is 10. The number of hydrogen-bond donors (Lipinski definition) is 1. The van der Waals surface area contributed by atoms with Gasteiger partial charge in [0.05, 0.1) is 12.2 Å². The van der Waals surface area contributed by atoms with Crippen LogP contribution in [0.1, 0.15) is 37.9 Å². The molecular weight excluding hydrogens is 444 g/mol. The lowest BCUT2D eigenvalue weighted by atomic mass is 10.0. The summed E-state index contributed by atoms with van der Waals surface area (Å²) in [7, 11) is 0. The first-order chi connectivity index (χ1) is 17.2. The van der Waals surface area contributed by atoms with E-state index in [-0.39, 0.29) is 5.69 Å². The average Bonchev–Trinajstić information content (AvgIpc) is 3.63.